The molecule has 0 aliphatic carbocycles. The molecular formula is C22H25N3O3S. The van der Waals surface area contributed by atoms with Crippen LogP contribution < -0.4 is 5.32 Å². The Labute approximate surface area is 174 Å². The lowest BCUT2D eigenvalue weighted by Crippen LogP contribution is -2.31. The summed E-state index contributed by atoms with van der Waals surface area (Å²) < 4.78 is 6.86. The Morgan fingerprint density at radius 1 is 1.10 bits per heavy atom. The van der Waals surface area contributed by atoms with Crippen molar-refractivity contribution in [3.05, 3.63) is 70.0 Å². The van der Waals surface area contributed by atoms with Gasteiger partial charge in [0.2, 0.25) is 5.91 Å². The van der Waals surface area contributed by atoms with Crippen LogP contribution in [0.25, 0.3) is 5.13 Å². The van der Waals surface area contributed by atoms with E-state index in [1.807, 2.05) is 62.5 Å². The molecule has 0 spiro atoms. The third-order valence-electron chi connectivity index (χ3n) is 4.76. The minimum atomic E-state index is -0.442. The summed E-state index contributed by atoms with van der Waals surface area (Å²) in [6.45, 7) is 6.05. The number of amides is 1. The lowest BCUT2D eigenvalue weighted by atomic mass is 10.0. The molecule has 2 aromatic heterocycles. The Bertz CT molecular complexity index is 985. The Morgan fingerprint density at radius 3 is 2.38 bits per heavy atom. The van der Waals surface area contributed by atoms with E-state index in [-0.39, 0.29) is 24.7 Å². The second-order valence-electron chi connectivity index (χ2n) is 7.06. The van der Waals surface area contributed by atoms with E-state index in [1.165, 1.54) is 18.4 Å². The van der Waals surface area contributed by atoms with Crippen molar-refractivity contribution in [1.82, 2.24) is 14.9 Å². The number of methoxy groups -OCH3 is 1. The number of ether oxygens (including phenoxy) is 1. The average Bonchev–Trinajstić information content (AvgIpc) is 3.27. The molecule has 0 saturated carbocycles. The zero-order valence-corrected chi connectivity index (χ0v) is 17.9. The van der Waals surface area contributed by atoms with Crippen molar-refractivity contribution in [3.63, 3.8) is 0 Å². The first-order valence-electron chi connectivity index (χ1n) is 9.40. The van der Waals surface area contributed by atoms with Crippen LogP contribution in [0.5, 0.6) is 0 Å². The molecule has 0 radical (unpaired) electrons. The molecule has 1 atom stereocenters. The van der Waals surface area contributed by atoms with Crippen LogP contribution in [0.2, 0.25) is 0 Å². The highest BCUT2D eigenvalue weighted by Crippen LogP contribution is 2.22. The van der Waals surface area contributed by atoms with Crippen LogP contribution in [-0.4, -0.2) is 28.5 Å². The lowest BCUT2D eigenvalue weighted by Gasteiger charge is -2.18. The average molecular weight is 412 g/mol. The quantitative estimate of drug-likeness (QED) is 0.600. The summed E-state index contributed by atoms with van der Waals surface area (Å²) in [5, 5.41) is 5.69. The summed E-state index contributed by atoms with van der Waals surface area (Å²) in [6, 6.07) is 11.4. The molecule has 29 heavy (non-hydrogen) atoms. The molecule has 0 unspecified atom stereocenters. The van der Waals surface area contributed by atoms with E-state index in [0.717, 1.165) is 27.6 Å². The molecule has 7 heteroatoms. The normalized spacial score (nSPS) is 11.9. The highest BCUT2D eigenvalue weighted by molar-refractivity contribution is 7.12. The number of aryl methyl sites for hydroxylation is 3. The van der Waals surface area contributed by atoms with Gasteiger partial charge in [0.15, 0.2) is 5.13 Å². The molecule has 0 fully saturated rings. The smallest absolute Gasteiger partial charge is 0.307 e. The van der Waals surface area contributed by atoms with Gasteiger partial charge in [-0.15, -0.1) is 11.3 Å². The van der Waals surface area contributed by atoms with Crippen LogP contribution in [0.1, 0.15) is 40.7 Å². The fourth-order valence-corrected chi connectivity index (χ4v) is 4.10. The number of rotatable bonds is 7. The topological polar surface area (TPSA) is 73.2 Å². The molecule has 0 bridgehead atoms. The molecule has 2 heterocycles. The largest absolute Gasteiger partial charge is 0.469 e. The van der Waals surface area contributed by atoms with Gasteiger partial charge < -0.3 is 10.1 Å². The van der Waals surface area contributed by atoms with Gasteiger partial charge in [-0.1, -0.05) is 29.8 Å². The molecule has 0 aliphatic heterocycles. The molecule has 0 aliphatic rings. The molecule has 1 amide bonds. The predicted molar refractivity (Wildman–Crippen MR) is 113 cm³/mol. The zero-order valence-electron chi connectivity index (χ0n) is 17.1. The van der Waals surface area contributed by atoms with Gasteiger partial charge in [0.25, 0.3) is 0 Å². The van der Waals surface area contributed by atoms with Crippen molar-refractivity contribution in [3.8, 4) is 5.13 Å². The van der Waals surface area contributed by atoms with Crippen molar-refractivity contribution >= 4 is 23.2 Å². The summed E-state index contributed by atoms with van der Waals surface area (Å²) >= 11 is 1.51. The van der Waals surface area contributed by atoms with Crippen LogP contribution in [-0.2, 0) is 20.7 Å². The standard InChI is InChI=1S/C22H25N3O3S/c1-14-5-9-17(10-6-14)19(12-21(27)28-4)24-20(26)11-18-13-29-22(23-18)25-15(2)7-8-16(25)3/h5-10,13,19H,11-12H2,1-4H3,(H,24,26)/t19-/m0/s1. The predicted octanol–water partition coefficient (Wildman–Crippen LogP) is 3.82. The van der Waals surface area contributed by atoms with Crippen molar-refractivity contribution in [1.29, 1.82) is 0 Å². The molecular weight excluding hydrogens is 386 g/mol. The molecule has 6 nitrogen and oxygen atoms in total. The summed E-state index contributed by atoms with van der Waals surface area (Å²) in [4.78, 5) is 29.1. The number of carbonyl (C=O) groups is 2. The van der Waals surface area contributed by atoms with Crippen LogP contribution in [0.4, 0.5) is 0 Å². The van der Waals surface area contributed by atoms with Gasteiger partial charge in [0, 0.05) is 16.8 Å². The summed E-state index contributed by atoms with van der Waals surface area (Å²) in [5.74, 6) is -0.553. The SMILES string of the molecule is COC(=O)C[C@H](NC(=O)Cc1csc(-n2c(C)ccc2C)n1)c1ccc(C)cc1. The number of nitrogens with zero attached hydrogens (tertiary/aromatic N) is 2. The molecule has 0 saturated heterocycles. The minimum Gasteiger partial charge on any atom is -0.469 e. The van der Waals surface area contributed by atoms with Gasteiger partial charge in [0.1, 0.15) is 0 Å². The second-order valence-corrected chi connectivity index (χ2v) is 7.90. The van der Waals surface area contributed by atoms with Gasteiger partial charge in [-0.3, -0.25) is 14.2 Å². The summed E-state index contributed by atoms with van der Waals surface area (Å²) in [7, 11) is 1.35. The Kier molecular flexibility index (Phi) is 6.49. The summed E-state index contributed by atoms with van der Waals surface area (Å²) in [5.41, 5.74) is 4.89. The number of hydrogen-bond acceptors (Lipinski definition) is 5. The highest BCUT2D eigenvalue weighted by atomic mass is 32.1. The van der Waals surface area contributed by atoms with Crippen molar-refractivity contribution in [2.24, 2.45) is 0 Å². The number of hydrogen-bond donors (Lipinski definition) is 1. The molecule has 3 rings (SSSR count). The van der Waals surface area contributed by atoms with Gasteiger partial charge in [0.05, 0.1) is 31.7 Å². The van der Waals surface area contributed by atoms with E-state index in [0.29, 0.717) is 5.69 Å². The van der Waals surface area contributed by atoms with Crippen molar-refractivity contribution in [2.75, 3.05) is 7.11 Å². The Morgan fingerprint density at radius 2 is 1.76 bits per heavy atom. The van der Waals surface area contributed by atoms with Gasteiger partial charge in [-0.05, 0) is 38.5 Å². The zero-order chi connectivity index (χ0) is 21.0. The van der Waals surface area contributed by atoms with E-state index < -0.39 is 6.04 Å². The Balaban J connectivity index is 1.71. The van der Waals surface area contributed by atoms with E-state index in [4.69, 9.17) is 4.74 Å². The second kappa shape index (κ2) is 9.05. The number of esters is 1. The maximum atomic E-state index is 12.7. The molecule has 1 N–H and O–H groups in total. The maximum absolute atomic E-state index is 12.7. The summed E-state index contributed by atoms with van der Waals surface area (Å²) in [6.07, 6.45) is 0.231. The van der Waals surface area contributed by atoms with E-state index in [2.05, 4.69) is 14.9 Å². The van der Waals surface area contributed by atoms with E-state index >= 15 is 0 Å². The number of benzene rings is 1. The number of thiazole rings is 1. The fourth-order valence-electron chi connectivity index (χ4n) is 3.16. The number of carbonyl (C=O) groups excluding carboxylic acids is 2. The number of nitrogens with one attached hydrogen (secondary N) is 1. The first-order valence-corrected chi connectivity index (χ1v) is 10.3. The first kappa shape index (κ1) is 20.8. The van der Waals surface area contributed by atoms with Gasteiger partial charge in [-0.25, -0.2) is 4.98 Å². The number of aromatic nitrogens is 2. The van der Waals surface area contributed by atoms with Gasteiger partial charge >= 0.3 is 5.97 Å². The van der Waals surface area contributed by atoms with Crippen LogP contribution in [0.15, 0.2) is 41.8 Å². The maximum Gasteiger partial charge on any atom is 0.307 e. The van der Waals surface area contributed by atoms with E-state index in [1.54, 1.807) is 0 Å². The van der Waals surface area contributed by atoms with Crippen LogP contribution in [0, 0.1) is 20.8 Å². The van der Waals surface area contributed by atoms with Crippen molar-refractivity contribution in [2.45, 2.75) is 39.7 Å². The van der Waals surface area contributed by atoms with Crippen LogP contribution in [0.3, 0.4) is 0 Å². The van der Waals surface area contributed by atoms with E-state index in [9.17, 15) is 9.59 Å². The Hall–Kier alpha value is -2.93. The third-order valence-corrected chi connectivity index (χ3v) is 5.63. The molecule has 3 aromatic rings. The van der Waals surface area contributed by atoms with Gasteiger partial charge in [-0.2, -0.15) is 0 Å². The minimum absolute atomic E-state index is 0.0787. The molecule has 1 aromatic carbocycles. The third kappa shape index (κ3) is 5.12. The van der Waals surface area contributed by atoms with Crippen molar-refractivity contribution < 1.29 is 14.3 Å². The monoisotopic (exact) mass is 411 g/mol. The first-order chi connectivity index (χ1) is 13.9. The van der Waals surface area contributed by atoms with Crippen LogP contribution >= 0.6 is 11.3 Å². The molecule has 152 valence electrons. The fraction of sp³-hybridized carbons (Fsp3) is 0.318. The lowest BCUT2D eigenvalue weighted by molar-refractivity contribution is -0.141. The highest BCUT2D eigenvalue weighted by Gasteiger charge is 2.20.